The second-order valence-electron chi connectivity index (χ2n) is 6.46. The minimum atomic E-state index is -0.731. The predicted octanol–water partition coefficient (Wildman–Crippen LogP) is 2.40. The van der Waals surface area contributed by atoms with Gasteiger partial charge in [-0.1, -0.05) is 6.07 Å². The SMILES string of the molecule is COc1cc(C)ccc1OC(C)C(=O)NCCn1nc(-c2ccco2)ccc1=O. The highest BCUT2D eigenvalue weighted by Gasteiger charge is 2.17. The van der Waals surface area contributed by atoms with E-state index in [0.717, 1.165) is 5.56 Å². The Balaban J connectivity index is 1.57. The lowest BCUT2D eigenvalue weighted by atomic mass is 10.2. The van der Waals surface area contributed by atoms with Crippen LogP contribution >= 0.6 is 0 Å². The highest BCUT2D eigenvalue weighted by Crippen LogP contribution is 2.28. The lowest BCUT2D eigenvalue weighted by molar-refractivity contribution is -0.127. The first kappa shape index (κ1) is 20.2. The normalized spacial score (nSPS) is 11.7. The number of ether oxygens (including phenoxy) is 2. The van der Waals surface area contributed by atoms with Crippen molar-refractivity contribution >= 4 is 5.91 Å². The number of carbonyl (C=O) groups excluding carboxylic acids is 1. The number of aryl methyl sites for hydroxylation is 1. The Morgan fingerprint density at radius 1 is 1.24 bits per heavy atom. The highest BCUT2D eigenvalue weighted by atomic mass is 16.5. The first-order valence-electron chi connectivity index (χ1n) is 9.19. The van der Waals surface area contributed by atoms with Gasteiger partial charge < -0.3 is 19.2 Å². The summed E-state index contributed by atoms with van der Waals surface area (Å²) in [5, 5.41) is 7.02. The zero-order valence-corrected chi connectivity index (χ0v) is 16.5. The molecule has 1 aromatic carbocycles. The fraction of sp³-hybridized carbons (Fsp3) is 0.286. The van der Waals surface area contributed by atoms with E-state index in [2.05, 4.69) is 10.4 Å². The van der Waals surface area contributed by atoms with Crippen molar-refractivity contribution in [2.24, 2.45) is 0 Å². The second-order valence-corrected chi connectivity index (χ2v) is 6.46. The Labute approximate surface area is 168 Å². The molecule has 0 saturated carbocycles. The molecule has 29 heavy (non-hydrogen) atoms. The number of hydrogen-bond acceptors (Lipinski definition) is 6. The Hall–Kier alpha value is -3.55. The molecule has 2 aromatic heterocycles. The van der Waals surface area contributed by atoms with E-state index >= 15 is 0 Å². The average molecular weight is 397 g/mol. The van der Waals surface area contributed by atoms with E-state index in [-0.39, 0.29) is 24.6 Å². The highest BCUT2D eigenvalue weighted by molar-refractivity contribution is 5.80. The molecule has 1 atom stereocenters. The molecule has 152 valence electrons. The summed E-state index contributed by atoms with van der Waals surface area (Å²) in [5.41, 5.74) is 1.31. The largest absolute Gasteiger partial charge is 0.493 e. The molecule has 1 amide bonds. The molecule has 0 bridgehead atoms. The van der Waals surface area contributed by atoms with Gasteiger partial charge in [0.25, 0.3) is 11.5 Å². The van der Waals surface area contributed by atoms with Crippen molar-refractivity contribution in [1.29, 1.82) is 0 Å². The fourth-order valence-electron chi connectivity index (χ4n) is 2.71. The third kappa shape index (κ3) is 5.04. The Bertz CT molecular complexity index is 1030. The molecule has 3 aromatic rings. The van der Waals surface area contributed by atoms with Gasteiger partial charge in [-0.15, -0.1) is 0 Å². The lowest BCUT2D eigenvalue weighted by Crippen LogP contribution is -2.39. The van der Waals surface area contributed by atoms with Gasteiger partial charge >= 0.3 is 0 Å². The number of rotatable bonds is 8. The van der Waals surface area contributed by atoms with Crippen LogP contribution in [0.15, 0.2) is 57.9 Å². The molecule has 8 heteroatoms. The Morgan fingerprint density at radius 2 is 2.07 bits per heavy atom. The summed E-state index contributed by atoms with van der Waals surface area (Å²) in [5.74, 6) is 1.32. The van der Waals surface area contributed by atoms with E-state index in [1.165, 1.54) is 17.0 Å². The van der Waals surface area contributed by atoms with E-state index < -0.39 is 6.10 Å². The Kier molecular flexibility index (Phi) is 6.33. The van der Waals surface area contributed by atoms with Gasteiger partial charge in [-0.05, 0) is 49.7 Å². The fourth-order valence-corrected chi connectivity index (χ4v) is 2.71. The quantitative estimate of drug-likeness (QED) is 0.627. The van der Waals surface area contributed by atoms with E-state index in [1.54, 1.807) is 38.3 Å². The van der Waals surface area contributed by atoms with E-state index in [4.69, 9.17) is 13.9 Å². The van der Waals surface area contributed by atoms with Crippen molar-refractivity contribution in [3.8, 4) is 23.0 Å². The monoisotopic (exact) mass is 397 g/mol. The van der Waals surface area contributed by atoms with Gasteiger partial charge in [-0.3, -0.25) is 9.59 Å². The molecule has 0 radical (unpaired) electrons. The summed E-state index contributed by atoms with van der Waals surface area (Å²) >= 11 is 0. The predicted molar refractivity (Wildman–Crippen MR) is 107 cm³/mol. The van der Waals surface area contributed by atoms with Gasteiger partial charge in [0, 0.05) is 12.6 Å². The summed E-state index contributed by atoms with van der Waals surface area (Å²) < 4.78 is 17.6. The van der Waals surface area contributed by atoms with Crippen LogP contribution in [0.5, 0.6) is 11.5 Å². The summed E-state index contributed by atoms with van der Waals surface area (Å²) in [6, 6.07) is 12.0. The summed E-state index contributed by atoms with van der Waals surface area (Å²) in [7, 11) is 1.55. The van der Waals surface area contributed by atoms with Crippen LogP contribution in [0.25, 0.3) is 11.5 Å². The number of nitrogens with zero attached hydrogens (tertiary/aromatic N) is 2. The number of furan rings is 1. The van der Waals surface area contributed by atoms with Crippen LogP contribution < -0.4 is 20.3 Å². The van der Waals surface area contributed by atoms with Gasteiger partial charge in [0.1, 0.15) is 5.69 Å². The average Bonchev–Trinajstić information content (AvgIpc) is 3.25. The van der Waals surface area contributed by atoms with E-state index in [9.17, 15) is 9.59 Å². The number of methoxy groups -OCH3 is 1. The van der Waals surface area contributed by atoms with Crippen LogP contribution in [0.4, 0.5) is 0 Å². The minimum absolute atomic E-state index is 0.222. The number of nitrogens with one attached hydrogen (secondary N) is 1. The van der Waals surface area contributed by atoms with Gasteiger partial charge in [-0.2, -0.15) is 5.10 Å². The van der Waals surface area contributed by atoms with Crippen LogP contribution in [0.1, 0.15) is 12.5 Å². The van der Waals surface area contributed by atoms with Crippen molar-refractivity contribution in [3.05, 3.63) is 64.6 Å². The maximum absolute atomic E-state index is 12.3. The van der Waals surface area contributed by atoms with Crippen molar-refractivity contribution in [2.45, 2.75) is 26.5 Å². The molecule has 8 nitrogen and oxygen atoms in total. The van der Waals surface area contributed by atoms with Gasteiger partial charge in [0.05, 0.1) is 19.9 Å². The smallest absolute Gasteiger partial charge is 0.266 e. The van der Waals surface area contributed by atoms with E-state index in [1.807, 2.05) is 19.1 Å². The number of benzene rings is 1. The zero-order valence-electron chi connectivity index (χ0n) is 16.5. The zero-order chi connectivity index (χ0) is 20.8. The molecule has 3 rings (SSSR count). The Morgan fingerprint density at radius 3 is 2.79 bits per heavy atom. The van der Waals surface area contributed by atoms with Crippen molar-refractivity contribution in [2.75, 3.05) is 13.7 Å². The second kappa shape index (κ2) is 9.09. The van der Waals surface area contributed by atoms with Gasteiger partial charge in [-0.25, -0.2) is 4.68 Å². The molecule has 0 aliphatic heterocycles. The number of carbonyl (C=O) groups is 1. The van der Waals surface area contributed by atoms with Crippen LogP contribution in [0.3, 0.4) is 0 Å². The van der Waals surface area contributed by atoms with Gasteiger partial charge in [0.2, 0.25) is 0 Å². The minimum Gasteiger partial charge on any atom is -0.493 e. The molecule has 1 unspecified atom stereocenters. The molecule has 0 aliphatic rings. The standard InChI is InChI=1S/C21H23N3O5/c1-14-6-8-18(19(13-14)27-3)29-15(2)21(26)22-10-11-24-20(25)9-7-16(23-24)17-5-4-12-28-17/h4-9,12-13,15H,10-11H2,1-3H3,(H,22,26). The first-order valence-corrected chi connectivity index (χ1v) is 9.19. The molecule has 2 heterocycles. The molecule has 1 N–H and O–H groups in total. The first-order chi connectivity index (χ1) is 14.0. The third-order valence-corrected chi connectivity index (χ3v) is 4.26. The number of amides is 1. The summed E-state index contributed by atoms with van der Waals surface area (Å²) in [6.45, 7) is 4.04. The molecule has 0 spiro atoms. The molecular weight excluding hydrogens is 374 g/mol. The number of aromatic nitrogens is 2. The van der Waals surface area contributed by atoms with Crippen molar-refractivity contribution in [1.82, 2.24) is 15.1 Å². The van der Waals surface area contributed by atoms with E-state index in [0.29, 0.717) is 23.0 Å². The van der Waals surface area contributed by atoms with Crippen LogP contribution in [0.2, 0.25) is 0 Å². The van der Waals surface area contributed by atoms with Crippen molar-refractivity contribution in [3.63, 3.8) is 0 Å². The van der Waals surface area contributed by atoms with Crippen LogP contribution in [-0.4, -0.2) is 35.4 Å². The van der Waals surface area contributed by atoms with Gasteiger partial charge in [0.15, 0.2) is 23.4 Å². The number of hydrogen-bond donors (Lipinski definition) is 1. The molecule has 0 aliphatic carbocycles. The van der Waals surface area contributed by atoms with Crippen LogP contribution in [0, 0.1) is 6.92 Å². The molecule has 0 saturated heterocycles. The maximum Gasteiger partial charge on any atom is 0.266 e. The molecular formula is C21H23N3O5. The topological polar surface area (TPSA) is 95.6 Å². The maximum atomic E-state index is 12.3. The summed E-state index contributed by atoms with van der Waals surface area (Å²) in [6.07, 6.45) is 0.808. The lowest BCUT2D eigenvalue weighted by Gasteiger charge is -2.17. The third-order valence-electron chi connectivity index (χ3n) is 4.26. The summed E-state index contributed by atoms with van der Waals surface area (Å²) in [4.78, 5) is 24.4. The molecule has 0 fully saturated rings. The van der Waals surface area contributed by atoms with Crippen LogP contribution in [-0.2, 0) is 11.3 Å². The van der Waals surface area contributed by atoms with Crippen molar-refractivity contribution < 1.29 is 18.7 Å².